The van der Waals surface area contributed by atoms with Gasteiger partial charge >= 0.3 is 0 Å². The van der Waals surface area contributed by atoms with Gasteiger partial charge in [-0.3, -0.25) is 0 Å². The van der Waals surface area contributed by atoms with Crippen LogP contribution in [0.5, 0.6) is 5.75 Å². The van der Waals surface area contributed by atoms with Crippen LogP contribution in [0.4, 0.5) is 4.39 Å². The quantitative estimate of drug-likeness (QED) is 0.808. The highest BCUT2D eigenvalue weighted by atomic mass is 19.1. The van der Waals surface area contributed by atoms with Crippen molar-refractivity contribution in [2.75, 3.05) is 7.11 Å². The van der Waals surface area contributed by atoms with E-state index in [-0.39, 0.29) is 5.75 Å². The van der Waals surface area contributed by atoms with Crippen molar-refractivity contribution in [3.63, 3.8) is 0 Å². The average Bonchev–Trinajstić information content (AvgIpc) is 2.28. The molecule has 1 rings (SSSR count). The van der Waals surface area contributed by atoms with Crippen molar-refractivity contribution in [2.24, 2.45) is 5.73 Å². The van der Waals surface area contributed by atoms with Gasteiger partial charge in [0.15, 0.2) is 11.6 Å². The van der Waals surface area contributed by atoms with Crippen LogP contribution < -0.4 is 10.5 Å². The van der Waals surface area contributed by atoms with E-state index < -0.39 is 18.0 Å². The molecule has 0 radical (unpaired) electrons. The third-order valence-corrected chi connectivity index (χ3v) is 2.56. The molecule has 0 unspecified atom stereocenters. The molecule has 0 amide bonds. The largest absolute Gasteiger partial charge is 0.493 e. The Morgan fingerprint density at radius 2 is 2.19 bits per heavy atom. The first-order valence-corrected chi connectivity index (χ1v) is 5.37. The second kappa shape index (κ2) is 5.82. The van der Waals surface area contributed by atoms with Gasteiger partial charge in [0.1, 0.15) is 0 Å². The van der Waals surface area contributed by atoms with Crippen LogP contribution in [0, 0.1) is 5.82 Å². The molecule has 0 heterocycles. The summed E-state index contributed by atoms with van der Waals surface area (Å²) in [6.07, 6.45) is 0.730. The maximum atomic E-state index is 13.4. The Bertz CT molecular complexity index is 344. The van der Waals surface area contributed by atoms with E-state index in [0.29, 0.717) is 12.0 Å². The summed E-state index contributed by atoms with van der Waals surface area (Å²) >= 11 is 0. The minimum absolute atomic E-state index is 0.116. The van der Waals surface area contributed by atoms with Crippen molar-refractivity contribution in [1.82, 2.24) is 0 Å². The zero-order chi connectivity index (χ0) is 12.1. The molecule has 0 bridgehead atoms. The van der Waals surface area contributed by atoms with Gasteiger partial charge in [-0.05, 0) is 12.5 Å². The summed E-state index contributed by atoms with van der Waals surface area (Å²) in [6, 6.07) is 3.92. The van der Waals surface area contributed by atoms with Gasteiger partial charge in [0.25, 0.3) is 0 Å². The molecule has 2 atom stereocenters. The first kappa shape index (κ1) is 12.9. The summed E-state index contributed by atoms with van der Waals surface area (Å²) in [5.74, 6) is -0.343. The fourth-order valence-corrected chi connectivity index (χ4v) is 1.69. The lowest BCUT2D eigenvalue weighted by atomic mass is 9.98. The van der Waals surface area contributed by atoms with Gasteiger partial charge in [0.05, 0.1) is 19.3 Å². The highest BCUT2D eigenvalue weighted by Crippen LogP contribution is 2.29. The Morgan fingerprint density at radius 1 is 1.50 bits per heavy atom. The molecular formula is C12H18FNO2. The standard InChI is InChI=1S/C12H18FNO2/c1-3-5-10(15)11(14)8-6-4-7-9(13)12(8)16-2/h4,6-7,10-11,15H,3,5,14H2,1-2H3/t10-,11+/m1/s1. The summed E-state index contributed by atoms with van der Waals surface area (Å²) in [5, 5.41) is 9.78. The van der Waals surface area contributed by atoms with E-state index >= 15 is 0 Å². The molecule has 0 saturated carbocycles. The van der Waals surface area contributed by atoms with Gasteiger partial charge in [-0.2, -0.15) is 0 Å². The Labute approximate surface area is 95.0 Å². The van der Waals surface area contributed by atoms with E-state index in [1.807, 2.05) is 6.92 Å². The second-order valence-corrected chi connectivity index (χ2v) is 3.74. The average molecular weight is 227 g/mol. The molecule has 0 saturated heterocycles. The van der Waals surface area contributed by atoms with Gasteiger partial charge in [-0.1, -0.05) is 25.5 Å². The topological polar surface area (TPSA) is 55.5 Å². The van der Waals surface area contributed by atoms with Gasteiger partial charge in [-0.25, -0.2) is 4.39 Å². The highest BCUT2D eigenvalue weighted by molar-refractivity contribution is 5.37. The molecule has 0 aliphatic heterocycles. The number of aliphatic hydroxyl groups is 1. The van der Waals surface area contributed by atoms with Crippen LogP contribution in [0.1, 0.15) is 31.4 Å². The molecule has 0 fully saturated rings. The number of hydrogen-bond donors (Lipinski definition) is 2. The zero-order valence-corrected chi connectivity index (χ0v) is 9.61. The number of rotatable bonds is 5. The summed E-state index contributed by atoms with van der Waals surface area (Å²) in [5.41, 5.74) is 6.38. The minimum atomic E-state index is -0.680. The van der Waals surface area contributed by atoms with Gasteiger partial charge in [-0.15, -0.1) is 0 Å². The van der Waals surface area contributed by atoms with E-state index in [4.69, 9.17) is 10.5 Å². The molecule has 16 heavy (non-hydrogen) atoms. The van der Waals surface area contributed by atoms with Crippen LogP contribution in [-0.4, -0.2) is 18.3 Å². The molecular weight excluding hydrogens is 209 g/mol. The number of hydrogen-bond acceptors (Lipinski definition) is 3. The fraction of sp³-hybridized carbons (Fsp3) is 0.500. The molecule has 4 heteroatoms. The monoisotopic (exact) mass is 227 g/mol. The zero-order valence-electron chi connectivity index (χ0n) is 9.61. The van der Waals surface area contributed by atoms with Gasteiger partial charge in [0.2, 0.25) is 0 Å². The van der Waals surface area contributed by atoms with Crippen molar-refractivity contribution >= 4 is 0 Å². The predicted octanol–water partition coefficient (Wildman–Crippen LogP) is 2.00. The molecule has 3 nitrogen and oxygen atoms in total. The smallest absolute Gasteiger partial charge is 0.165 e. The van der Waals surface area contributed by atoms with Crippen LogP contribution in [0.3, 0.4) is 0 Å². The van der Waals surface area contributed by atoms with Crippen LogP contribution in [0.2, 0.25) is 0 Å². The normalized spacial score (nSPS) is 14.6. The number of nitrogens with two attached hydrogens (primary N) is 1. The predicted molar refractivity (Wildman–Crippen MR) is 60.8 cm³/mol. The SMILES string of the molecule is CCC[C@@H](O)[C@@H](N)c1cccc(F)c1OC. The maximum Gasteiger partial charge on any atom is 0.165 e. The van der Waals surface area contributed by atoms with Gasteiger partial charge in [0, 0.05) is 5.56 Å². The number of ether oxygens (including phenoxy) is 1. The minimum Gasteiger partial charge on any atom is -0.493 e. The lowest BCUT2D eigenvalue weighted by molar-refractivity contribution is 0.133. The molecule has 1 aromatic carbocycles. The van der Waals surface area contributed by atoms with E-state index in [2.05, 4.69) is 0 Å². The molecule has 90 valence electrons. The number of aliphatic hydroxyl groups excluding tert-OH is 1. The summed E-state index contributed by atoms with van der Waals surface area (Å²) in [6.45, 7) is 1.96. The Hall–Kier alpha value is -1.13. The van der Waals surface area contributed by atoms with Crippen LogP contribution >= 0.6 is 0 Å². The molecule has 1 aromatic rings. The van der Waals surface area contributed by atoms with E-state index in [9.17, 15) is 9.50 Å². The molecule has 0 aliphatic carbocycles. The molecule has 3 N–H and O–H groups in total. The Balaban J connectivity index is 2.98. The van der Waals surface area contributed by atoms with Crippen molar-refractivity contribution in [3.8, 4) is 5.75 Å². The van der Waals surface area contributed by atoms with Crippen molar-refractivity contribution in [1.29, 1.82) is 0 Å². The summed E-state index contributed by atoms with van der Waals surface area (Å²) in [4.78, 5) is 0. The van der Waals surface area contributed by atoms with Gasteiger partial charge < -0.3 is 15.6 Å². The first-order chi connectivity index (χ1) is 7.61. The number of benzene rings is 1. The Kier molecular flexibility index (Phi) is 4.71. The first-order valence-electron chi connectivity index (χ1n) is 5.37. The third-order valence-electron chi connectivity index (χ3n) is 2.56. The number of halogens is 1. The van der Waals surface area contributed by atoms with Crippen LogP contribution in [0.15, 0.2) is 18.2 Å². The van der Waals surface area contributed by atoms with Crippen molar-refractivity contribution in [2.45, 2.75) is 31.9 Å². The van der Waals surface area contributed by atoms with Crippen LogP contribution in [-0.2, 0) is 0 Å². The fourth-order valence-electron chi connectivity index (χ4n) is 1.69. The molecule has 0 aromatic heterocycles. The van der Waals surface area contributed by atoms with E-state index in [1.54, 1.807) is 12.1 Å². The number of para-hydroxylation sites is 1. The Morgan fingerprint density at radius 3 is 2.75 bits per heavy atom. The van der Waals surface area contributed by atoms with E-state index in [1.165, 1.54) is 13.2 Å². The van der Waals surface area contributed by atoms with Crippen molar-refractivity contribution in [3.05, 3.63) is 29.6 Å². The lowest BCUT2D eigenvalue weighted by Gasteiger charge is -2.20. The summed E-state index contributed by atoms with van der Waals surface area (Å²) < 4.78 is 18.4. The third kappa shape index (κ3) is 2.71. The highest BCUT2D eigenvalue weighted by Gasteiger charge is 2.21. The second-order valence-electron chi connectivity index (χ2n) is 3.74. The van der Waals surface area contributed by atoms with Crippen LogP contribution in [0.25, 0.3) is 0 Å². The maximum absolute atomic E-state index is 13.4. The summed E-state index contributed by atoms with van der Waals surface area (Å²) in [7, 11) is 1.39. The number of methoxy groups -OCH3 is 1. The lowest BCUT2D eigenvalue weighted by Crippen LogP contribution is -2.26. The van der Waals surface area contributed by atoms with Crippen molar-refractivity contribution < 1.29 is 14.2 Å². The molecule has 0 spiro atoms. The van der Waals surface area contributed by atoms with E-state index in [0.717, 1.165) is 6.42 Å². The molecule has 0 aliphatic rings.